The average molecular weight is 286 g/mol. The maximum absolute atomic E-state index is 12.2. The fourth-order valence-corrected chi connectivity index (χ4v) is 3.27. The molecule has 0 N–H and O–H groups in total. The molecule has 0 aromatic heterocycles. The summed E-state index contributed by atoms with van der Waals surface area (Å²) in [6.45, 7) is 7.63. The van der Waals surface area contributed by atoms with Crippen LogP contribution < -0.4 is 0 Å². The Kier molecular flexibility index (Phi) is 5.59. The van der Waals surface area contributed by atoms with Crippen LogP contribution in [0.2, 0.25) is 5.02 Å². The van der Waals surface area contributed by atoms with Crippen LogP contribution in [-0.2, 0) is 15.8 Å². The van der Waals surface area contributed by atoms with Gasteiger partial charge in [-0.2, -0.15) is 4.31 Å². The molecule has 3 nitrogen and oxygen atoms in total. The molecule has 0 aliphatic carbocycles. The van der Waals surface area contributed by atoms with Crippen molar-refractivity contribution in [3.05, 3.63) is 60.2 Å². The molecule has 0 aliphatic rings. The smallest absolute Gasteiger partial charge is 0.212 e. The van der Waals surface area contributed by atoms with Gasteiger partial charge in [0.25, 0.3) is 0 Å². The van der Waals surface area contributed by atoms with Crippen LogP contribution in [0.4, 0.5) is 0 Å². The van der Waals surface area contributed by atoms with E-state index >= 15 is 0 Å². The van der Waals surface area contributed by atoms with E-state index in [9.17, 15) is 8.42 Å². The van der Waals surface area contributed by atoms with Crippen molar-refractivity contribution in [1.29, 1.82) is 0 Å². The van der Waals surface area contributed by atoms with Crippen molar-refractivity contribution >= 4 is 21.6 Å². The number of benzene rings is 1. The first-order chi connectivity index (χ1) is 8.51. The summed E-state index contributed by atoms with van der Waals surface area (Å²) in [6, 6.07) is 6.92. The molecule has 0 atom stereocenters. The standard InChI is InChI=1S/C13H16ClNO2S/c1-3-9-15(10-4-2)18(16,17)11-12-7-5-6-8-13(12)14/h3-8H,1-2,9-11H2. The van der Waals surface area contributed by atoms with E-state index in [1.165, 1.54) is 4.31 Å². The summed E-state index contributed by atoms with van der Waals surface area (Å²) >= 11 is 5.97. The highest BCUT2D eigenvalue weighted by molar-refractivity contribution is 7.88. The maximum atomic E-state index is 12.2. The lowest BCUT2D eigenvalue weighted by atomic mass is 10.2. The van der Waals surface area contributed by atoms with Gasteiger partial charge in [0.15, 0.2) is 0 Å². The number of sulfonamides is 1. The van der Waals surface area contributed by atoms with Crippen molar-refractivity contribution in [1.82, 2.24) is 4.31 Å². The highest BCUT2D eigenvalue weighted by atomic mass is 35.5. The SMILES string of the molecule is C=CCN(CC=C)S(=O)(=O)Cc1ccccc1Cl. The van der Waals surface area contributed by atoms with E-state index in [-0.39, 0.29) is 18.8 Å². The number of hydrogen-bond acceptors (Lipinski definition) is 2. The molecule has 0 radical (unpaired) electrons. The van der Waals surface area contributed by atoms with Crippen molar-refractivity contribution in [3.63, 3.8) is 0 Å². The summed E-state index contributed by atoms with van der Waals surface area (Å²) in [5, 5.41) is 0.457. The van der Waals surface area contributed by atoms with Crippen molar-refractivity contribution in [2.45, 2.75) is 5.75 Å². The first-order valence-electron chi connectivity index (χ1n) is 5.44. The van der Waals surface area contributed by atoms with Crippen LogP contribution in [0.15, 0.2) is 49.6 Å². The Morgan fingerprint density at radius 2 is 1.72 bits per heavy atom. The second kappa shape index (κ2) is 6.73. The molecule has 0 amide bonds. The fourth-order valence-electron chi connectivity index (χ4n) is 1.49. The highest BCUT2D eigenvalue weighted by Gasteiger charge is 2.21. The number of halogens is 1. The van der Waals surface area contributed by atoms with Gasteiger partial charge in [0.1, 0.15) is 0 Å². The van der Waals surface area contributed by atoms with Crippen LogP contribution in [0, 0.1) is 0 Å². The molecule has 18 heavy (non-hydrogen) atoms. The molecule has 98 valence electrons. The molecule has 1 aromatic rings. The lowest BCUT2D eigenvalue weighted by Gasteiger charge is -2.19. The molecule has 0 saturated carbocycles. The third-order valence-electron chi connectivity index (χ3n) is 2.35. The summed E-state index contributed by atoms with van der Waals surface area (Å²) in [5.41, 5.74) is 0.595. The molecule has 0 bridgehead atoms. The normalized spacial score (nSPS) is 11.4. The van der Waals surface area contributed by atoms with E-state index in [1.54, 1.807) is 36.4 Å². The van der Waals surface area contributed by atoms with Crippen LogP contribution in [0.5, 0.6) is 0 Å². The van der Waals surface area contributed by atoms with Gasteiger partial charge in [0.05, 0.1) is 5.75 Å². The highest BCUT2D eigenvalue weighted by Crippen LogP contribution is 2.19. The second-order valence-electron chi connectivity index (χ2n) is 3.74. The molecule has 5 heteroatoms. The van der Waals surface area contributed by atoms with E-state index in [0.29, 0.717) is 10.6 Å². The van der Waals surface area contributed by atoms with Crippen LogP contribution >= 0.6 is 11.6 Å². The molecule has 1 rings (SSSR count). The first-order valence-corrected chi connectivity index (χ1v) is 7.43. The van der Waals surface area contributed by atoms with Gasteiger partial charge in [-0.05, 0) is 11.6 Å². The molecule has 0 aliphatic heterocycles. The van der Waals surface area contributed by atoms with E-state index in [2.05, 4.69) is 13.2 Å². The predicted molar refractivity (Wildman–Crippen MR) is 76.0 cm³/mol. The van der Waals surface area contributed by atoms with Crippen molar-refractivity contribution < 1.29 is 8.42 Å². The monoisotopic (exact) mass is 285 g/mol. The van der Waals surface area contributed by atoms with E-state index in [1.807, 2.05) is 0 Å². The third-order valence-corrected chi connectivity index (χ3v) is 4.48. The van der Waals surface area contributed by atoms with E-state index in [4.69, 9.17) is 11.6 Å². The van der Waals surface area contributed by atoms with Crippen molar-refractivity contribution in [2.24, 2.45) is 0 Å². The molecule has 0 spiro atoms. The fraction of sp³-hybridized carbons (Fsp3) is 0.231. The molecule has 0 unspecified atom stereocenters. The van der Waals surface area contributed by atoms with Crippen LogP contribution in [0.3, 0.4) is 0 Å². The van der Waals surface area contributed by atoms with Crippen LogP contribution in [-0.4, -0.2) is 25.8 Å². The predicted octanol–water partition coefficient (Wildman–Crippen LogP) is 2.84. The first kappa shape index (κ1) is 15.0. The van der Waals surface area contributed by atoms with Gasteiger partial charge < -0.3 is 0 Å². The van der Waals surface area contributed by atoms with Gasteiger partial charge in [-0.3, -0.25) is 0 Å². The minimum Gasteiger partial charge on any atom is -0.212 e. The average Bonchev–Trinajstić information content (AvgIpc) is 2.32. The largest absolute Gasteiger partial charge is 0.218 e. The zero-order valence-corrected chi connectivity index (χ0v) is 11.6. The molecule has 0 fully saturated rings. The van der Waals surface area contributed by atoms with Gasteiger partial charge in [-0.15, -0.1) is 13.2 Å². The Balaban J connectivity index is 2.95. The maximum Gasteiger partial charge on any atom is 0.218 e. The topological polar surface area (TPSA) is 37.4 Å². The van der Waals surface area contributed by atoms with E-state index in [0.717, 1.165) is 0 Å². The molecule has 1 aromatic carbocycles. The van der Waals surface area contributed by atoms with Gasteiger partial charge in [-0.1, -0.05) is 42.0 Å². The van der Waals surface area contributed by atoms with Gasteiger partial charge in [-0.25, -0.2) is 8.42 Å². The summed E-state index contributed by atoms with van der Waals surface area (Å²) < 4.78 is 25.7. The lowest BCUT2D eigenvalue weighted by molar-refractivity contribution is 0.473. The number of rotatable bonds is 7. The minimum atomic E-state index is -3.42. The van der Waals surface area contributed by atoms with Crippen LogP contribution in [0.1, 0.15) is 5.56 Å². The quantitative estimate of drug-likeness (QED) is 0.723. The zero-order chi connectivity index (χ0) is 13.6. The molecule has 0 saturated heterocycles. The molecular formula is C13H16ClNO2S. The van der Waals surface area contributed by atoms with Crippen molar-refractivity contribution in [2.75, 3.05) is 13.1 Å². The Labute approximate surface area is 113 Å². The summed E-state index contributed by atoms with van der Waals surface area (Å²) in [6.07, 6.45) is 3.10. The number of nitrogens with zero attached hydrogens (tertiary/aromatic N) is 1. The van der Waals surface area contributed by atoms with Gasteiger partial charge in [0, 0.05) is 18.1 Å². The van der Waals surface area contributed by atoms with Gasteiger partial charge >= 0.3 is 0 Å². The minimum absolute atomic E-state index is 0.117. The van der Waals surface area contributed by atoms with E-state index < -0.39 is 10.0 Å². The van der Waals surface area contributed by atoms with Crippen LogP contribution in [0.25, 0.3) is 0 Å². The lowest BCUT2D eigenvalue weighted by Crippen LogP contribution is -2.32. The Morgan fingerprint density at radius 1 is 1.17 bits per heavy atom. The summed E-state index contributed by atoms with van der Waals surface area (Å²) in [4.78, 5) is 0. The van der Waals surface area contributed by atoms with Gasteiger partial charge in [0.2, 0.25) is 10.0 Å². The molecular weight excluding hydrogens is 270 g/mol. The summed E-state index contributed by atoms with van der Waals surface area (Å²) in [5.74, 6) is -0.117. The molecule has 0 heterocycles. The second-order valence-corrected chi connectivity index (χ2v) is 6.12. The summed E-state index contributed by atoms with van der Waals surface area (Å²) in [7, 11) is -3.42. The Morgan fingerprint density at radius 3 is 2.22 bits per heavy atom. The van der Waals surface area contributed by atoms with Crippen molar-refractivity contribution in [3.8, 4) is 0 Å². The Hall–Kier alpha value is -1.10. The zero-order valence-electron chi connectivity index (χ0n) is 10.0. The third kappa shape index (κ3) is 3.98. The number of hydrogen-bond donors (Lipinski definition) is 0. The Bertz CT molecular complexity index is 516.